The van der Waals surface area contributed by atoms with E-state index in [-0.39, 0.29) is 14.1 Å². The second kappa shape index (κ2) is 2.55. The highest BCUT2D eigenvalue weighted by Crippen LogP contribution is 2.11. The molecule has 0 amide bonds. The maximum atomic E-state index is 2.47. The fraction of sp³-hybridized carbons (Fsp3) is 0.667. The average Bonchev–Trinajstić information content (AvgIpc) is 2.14. The van der Waals surface area contributed by atoms with Gasteiger partial charge in [0, 0.05) is 0 Å². The molecule has 0 atom stereocenters. The molecule has 1 heteroatoms. The first-order valence-electron chi connectivity index (χ1n) is 3.10. The Morgan fingerprint density at radius 2 is 2.57 bits per heavy atom. The van der Waals surface area contributed by atoms with Gasteiger partial charge in [0.1, 0.15) is 0 Å². The van der Waals surface area contributed by atoms with Gasteiger partial charge in [0.15, 0.2) is 0 Å². The summed E-state index contributed by atoms with van der Waals surface area (Å²) in [5.74, 6) is 0. The first kappa shape index (κ1) is 5.41. The molecule has 0 radical (unpaired) electrons. The van der Waals surface area contributed by atoms with Gasteiger partial charge in [0.05, 0.1) is 0 Å². The van der Waals surface area contributed by atoms with Crippen LogP contribution in [0.2, 0.25) is 10.6 Å². The summed E-state index contributed by atoms with van der Waals surface area (Å²) >= 11 is -0.241. The lowest BCUT2D eigenvalue weighted by Gasteiger charge is -1.88. The normalized spacial score (nSPS) is 18.7. The molecule has 0 saturated carbocycles. The monoisotopic (exact) mass is 110 g/mol. The van der Waals surface area contributed by atoms with Crippen LogP contribution in [0.4, 0.5) is 0 Å². The van der Waals surface area contributed by atoms with Crippen molar-refractivity contribution in [3.05, 3.63) is 11.0 Å². The van der Waals surface area contributed by atoms with Crippen LogP contribution in [0.3, 0.4) is 0 Å². The van der Waals surface area contributed by atoms with E-state index in [2.05, 4.69) is 17.9 Å². The van der Waals surface area contributed by atoms with Gasteiger partial charge >= 0.3 is 0 Å². The molecule has 0 aromatic carbocycles. The second-order valence-electron chi connectivity index (χ2n) is 2.17. The molecule has 0 N–H and O–H groups in total. The number of allylic oxidation sites excluding steroid dienone is 1. The van der Waals surface area contributed by atoms with Gasteiger partial charge in [-0.1, -0.05) is 17.5 Å². The van der Waals surface area contributed by atoms with Crippen LogP contribution in [0, 0.1) is 0 Å². The third-order valence-electron chi connectivity index (χ3n) is 1.64. The standard InChI is InChI=1S/C4H6.C2H5.Al/c1-3-4-2;1-2;/h1,3H,2,4H2;1H2,2H3;. The van der Waals surface area contributed by atoms with Crippen molar-refractivity contribution in [3.63, 3.8) is 0 Å². The minimum atomic E-state index is -0.241. The molecule has 1 rings (SSSR count). The van der Waals surface area contributed by atoms with Crippen LogP contribution in [-0.2, 0) is 0 Å². The summed E-state index contributed by atoms with van der Waals surface area (Å²) in [4.78, 5) is 2.47. The largest absolute Gasteiger partial charge is 0.294 e. The first-order valence-corrected chi connectivity index (χ1v) is 5.40. The quantitative estimate of drug-likeness (QED) is 0.453. The summed E-state index contributed by atoms with van der Waals surface area (Å²) in [6, 6.07) is 0. The Balaban J connectivity index is 2.28. The Bertz CT molecular complexity index is 76.2. The molecule has 0 unspecified atom stereocenters. The molecule has 38 valence electrons. The summed E-state index contributed by atoms with van der Waals surface area (Å²) in [5.41, 5.74) is 0. The molecule has 1 aliphatic rings. The molecule has 0 nitrogen and oxygen atoms in total. The maximum absolute atomic E-state index is 2.47. The van der Waals surface area contributed by atoms with Crippen molar-refractivity contribution < 1.29 is 0 Å². The predicted octanol–water partition coefficient (Wildman–Crippen LogP) is 2.00. The lowest BCUT2D eigenvalue weighted by Crippen LogP contribution is -1.99. The van der Waals surface area contributed by atoms with Gasteiger partial charge in [-0.3, -0.25) is 0 Å². The van der Waals surface area contributed by atoms with Crippen LogP contribution in [0.5, 0.6) is 0 Å². The lowest BCUT2D eigenvalue weighted by molar-refractivity contribution is 1.21. The highest BCUT2D eigenvalue weighted by molar-refractivity contribution is 6.64. The van der Waals surface area contributed by atoms with Crippen molar-refractivity contribution in [2.75, 3.05) is 0 Å². The number of hydrogen-bond donors (Lipinski definition) is 0. The van der Waals surface area contributed by atoms with Crippen LogP contribution < -0.4 is 0 Å². The van der Waals surface area contributed by atoms with Gasteiger partial charge in [-0.15, -0.1) is 11.0 Å². The van der Waals surface area contributed by atoms with Gasteiger partial charge in [0.2, 0.25) is 0 Å². The molecule has 0 fully saturated rings. The van der Waals surface area contributed by atoms with Gasteiger partial charge in [-0.2, -0.15) is 0 Å². The average molecular weight is 110 g/mol. The number of hydrogen-bond acceptors (Lipinski definition) is 0. The van der Waals surface area contributed by atoms with Crippen LogP contribution >= 0.6 is 0 Å². The van der Waals surface area contributed by atoms with E-state index in [4.69, 9.17) is 0 Å². The van der Waals surface area contributed by atoms with E-state index in [1.54, 1.807) is 0 Å². The van der Waals surface area contributed by atoms with Crippen molar-refractivity contribution in [1.29, 1.82) is 0 Å². The maximum Gasteiger partial charge on any atom is 0.294 e. The predicted molar refractivity (Wildman–Crippen MR) is 34.8 cm³/mol. The fourth-order valence-corrected chi connectivity index (χ4v) is 3.11. The molecule has 1 heterocycles. The molecule has 0 aliphatic carbocycles. The van der Waals surface area contributed by atoms with E-state index >= 15 is 0 Å². The van der Waals surface area contributed by atoms with Crippen molar-refractivity contribution in [3.8, 4) is 0 Å². The molecule has 7 heavy (non-hydrogen) atoms. The van der Waals surface area contributed by atoms with E-state index in [1.165, 1.54) is 17.0 Å². The zero-order valence-electron chi connectivity index (χ0n) is 4.85. The van der Waals surface area contributed by atoms with Crippen LogP contribution in [0.15, 0.2) is 11.0 Å². The molecule has 0 bridgehead atoms. The molecule has 0 saturated heterocycles. The zero-order valence-corrected chi connectivity index (χ0v) is 6.01. The fourth-order valence-electron chi connectivity index (χ4n) is 1.04. The summed E-state index contributed by atoms with van der Waals surface area (Å²) in [5, 5.41) is 3.01. The van der Waals surface area contributed by atoms with Gasteiger partial charge in [-0.25, -0.2) is 0 Å². The van der Waals surface area contributed by atoms with E-state index in [1.807, 2.05) is 0 Å². The summed E-state index contributed by atoms with van der Waals surface area (Å²) in [6.45, 7) is 2.31. The Morgan fingerprint density at radius 1 is 1.71 bits per heavy atom. The molecular weight excluding hydrogens is 99.0 g/mol. The minimum Gasteiger partial charge on any atom is -0.148 e. The van der Waals surface area contributed by atoms with Gasteiger partial charge in [-0.05, 0) is 6.42 Å². The molecule has 0 aromatic heterocycles. The second-order valence-corrected chi connectivity index (χ2v) is 5.47. The third-order valence-corrected chi connectivity index (χ3v) is 4.58. The van der Waals surface area contributed by atoms with E-state index in [0.717, 1.165) is 0 Å². The van der Waals surface area contributed by atoms with Crippen LogP contribution in [0.1, 0.15) is 13.3 Å². The minimum absolute atomic E-state index is 0.241. The molecule has 1 aliphatic heterocycles. The Hall–Kier alpha value is 0.272. The lowest BCUT2D eigenvalue weighted by atomic mass is 10.5. The van der Waals surface area contributed by atoms with Gasteiger partial charge < -0.3 is 0 Å². The molecule has 0 spiro atoms. The third kappa shape index (κ3) is 1.33. The Labute approximate surface area is 49.6 Å². The smallest absolute Gasteiger partial charge is 0.148 e. The SMILES string of the molecule is C[CH2][Al]1[CH]=CC[CH2]1. The topological polar surface area (TPSA) is 0 Å². The van der Waals surface area contributed by atoms with Crippen molar-refractivity contribution >= 4 is 14.1 Å². The van der Waals surface area contributed by atoms with Gasteiger partial charge in [0.25, 0.3) is 14.1 Å². The van der Waals surface area contributed by atoms with E-state index in [0.29, 0.717) is 0 Å². The highest BCUT2D eigenvalue weighted by atomic mass is 27.2. The van der Waals surface area contributed by atoms with E-state index < -0.39 is 0 Å². The summed E-state index contributed by atoms with van der Waals surface area (Å²) in [7, 11) is 0. The number of rotatable bonds is 1. The zero-order chi connectivity index (χ0) is 5.11. The van der Waals surface area contributed by atoms with Crippen LogP contribution in [-0.4, -0.2) is 14.1 Å². The summed E-state index contributed by atoms with van der Waals surface area (Å²) in [6.07, 6.45) is 3.73. The van der Waals surface area contributed by atoms with Crippen LogP contribution in [0.25, 0.3) is 0 Å². The van der Waals surface area contributed by atoms with Crippen molar-refractivity contribution in [2.24, 2.45) is 0 Å². The van der Waals surface area contributed by atoms with Crippen molar-refractivity contribution in [1.82, 2.24) is 0 Å². The Morgan fingerprint density at radius 3 is 2.86 bits per heavy atom. The van der Waals surface area contributed by atoms with Crippen molar-refractivity contribution in [2.45, 2.75) is 23.9 Å². The highest BCUT2D eigenvalue weighted by Gasteiger charge is 2.12. The summed E-state index contributed by atoms with van der Waals surface area (Å²) < 4.78 is 0. The Kier molecular flexibility index (Phi) is 1.97. The molecular formula is C6H11Al. The first-order chi connectivity index (χ1) is 3.43. The molecule has 0 aromatic rings. The van der Waals surface area contributed by atoms with E-state index in [9.17, 15) is 0 Å².